The summed E-state index contributed by atoms with van der Waals surface area (Å²) in [6, 6.07) is 10.3. The lowest BCUT2D eigenvalue weighted by Crippen LogP contribution is -2.38. The maximum atomic E-state index is 13.7. The van der Waals surface area contributed by atoms with Crippen LogP contribution in [0.2, 0.25) is 0 Å². The van der Waals surface area contributed by atoms with Gasteiger partial charge in [0.15, 0.2) is 5.76 Å². The molecule has 1 amide bonds. The number of ether oxygens (including phenoxy) is 2. The molecule has 7 nitrogen and oxygen atoms in total. The van der Waals surface area contributed by atoms with Gasteiger partial charge in [-0.05, 0) is 43.3 Å². The SMILES string of the molecule is Cc1c(C(=O)Nc2ccc(N3CCOCC3)cc2N2CCOCC2)oc2ccc(F)cc12. The van der Waals surface area contributed by atoms with Crippen LogP contribution in [0.4, 0.5) is 21.5 Å². The van der Waals surface area contributed by atoms with E-state index in [0.717, 1.165) is 37.6 Å². The quantitative estimate of drug-likeness (QED) is 0.667. The molecule has 3 aromatic rings. The number of morpholine rings is 2. The summed E-state index contributed by atoms with van der Waals surface area (Å²) in [5, 5.41) is 3.62. The Morgan fingerprint density at radius 2 is 1.62 bits per heavy atom. The molecule has 1 N–H and O–H groups in total. The van der Waals surface area contributed by atoms with Gasteiger partial charge in [-0.25, -0.2) is 4.39 Å². The number of anilines is 3. The highest BCUT2D eigenvalue weighted by Crippen LogP contribution is 2.33. The fourth-order valence-electron chi connectivity index (χ4n) is 4.30. The molecule has 8 heteroatoms. The van der Waals surface area contributed by atoms with Gasteiger partial charge in [0.2, 0.25) is 0 Å². The lowest BCUT2D eigenvalue weighted by atomic mass is 10.1. The van der Waals surface area contributed by atoms with E-state index in [4.69, 9.17) is 13.9 Å². The number of hydrogen-bond acceptors (Lipinski definition) is 6. The molecule has 2 aromatic carbocycles. The zero-order valence-electron chi connectivity index (χ0n) is 18.0. The summed E-state index contributed by atoms with van der Waals surface area (Å²) in [4.78, 5) is 17.7. The number of fused-ring (bicyclic) bond motifs is 1. The molecule has 0 aliphatic carbocycles. The van der Waals surface area contributed by atoms with Crippen molar-refractivity contribution in [1.82, 2.24) is 0 Å². The van der Waals surface area contributed by atoms with Crippen molar-refractivity contribution in [2.45, 2.75) is 6.92 Å². The van der Waals surface area contributed by atoms with Crippen molar-refractivity contribution in [1.29, 1.82) is 0 Å². The number of carbonyl (C=O) groups excluding carboxylic acids is 1. The molecule has 0 spiro atoms. The molecule has 3 heterocycles. The third-order valence-electron chi connectivity index (χ3n) is 6.06. The third kappa shape index (κ3) is 4.03. The first-order valence-corrected chi connectivity index (χ1v) is 10.9. The van der Waals surface area contributed by atoms with E-state index in [1.807, 2.05) is 12.1 Å². The van der Waals surface area contributed by atoms with Gasteiger partial charge in [0.05, 0.1) is 37.8 Å². The summed E-state index contributed by atoms with van der Waals surface area (Å²) in [5.41, 5.74) is 3.87. The van der Waals surface area contributed by atoms with Gasteiger partial charge in [0.1, 0.15) is 11.4 Å². The topological polar surface area (TPSA) is 67.2 Å². The predicted octanol–water partition coefficient (Wildman–Crippen LogP) is 3.81. The van der Waals surface area contributed by atoms with E-state index in [1.165, 1.54) is 12.1 Å². The van der Waals surface area contributed by atoms with E-state index < -0.39 is 0 Å². The Morgan fingerprint density at radius 1 is 0.938 bits per heavy atom. The van der Waals surface area contributed by atoms with Crippen molar-refractivity contribution in [2.75, 3.05) is 67.7 Å². The summed E-state index contributed by atoms with van der Waals surface area (Å²) in [7, 11) is 0. The largest absolute Gasteiger partial charge is 0.451 e. The summed E-state index contributed by atoms with van der Waals surface area (Å²) in [6.45, 7) is 7.63. The van der Waals surface area contributed by atoms with Gasteiger partial charge >= 0.3 is 0 Å². The first-order valence-electron chi connectivity index (χ1n) is 10.9. The van der Waals surface area contributed by atoms with Crippen molar-refractivity contribution in [2.24, 2.45) is 0 Å². The second kappa shape index (κ2) is 8.80. The molecule has 5 rings (SSSR count). The Balaban J connectivity index is 1.46. The van der Waals surface area contributed by atoms with E-state index in [1.54, 1.807) is 13.0 Å². The lowest BCUT2D eigenvalue weighted by Gasteiger charge is -2.33. The normalized spacial score (nSPS) is 17.1. The van der Waals surface area contributed by atoms with Gasteiger partial charge in [-0.3, -0.25) is 4.79 Å². The molecule has 0 radical (unpaired) electrons. The van der Waals surface area contributed by atoms with Crippen molar-refractivity contribution in [3.05, 3.63) is 53.5 Å². The van der Waals surface area contributed by atoms with Crippen LogP contribution < -0.4 is 15.1 Å². The Bertz CT molecular complexity index is 1130. The summed E-state index contributed by atoms with van der Waals surface area (Å²) in [5.74, 6) is -0.523. The van der Waals surface area contributed by atoms with Gasteiger partial charge in [-0.2, -0.15) is 0 Å². The molecule has 2 aliphatic heterocycles. The van der Waals surface area contributed by atoms with Crippen LogP contribution in [-0.4, -0.2) is 58.5 Å². The number of amides is 1. The monoisotopic (exact) mass is 439 g/mol. The zero-order valence-corrected chi connectivity index (χ0v) is 18.0. The van der Waals surface area contributed by atoms with Crippen molar-refractivity contribution in [3.63, 3.8) is 0 Å². The fraction of sp³-hybridized carbons (Fsp3) is 0.375. The molecule has 168 valence electrons. The fourth-order valence-corrected chi connectivity index (χ4v) is 4.30. The summed E-state index contributed by atoms with van der Waals surface area (Å²) >= 11 is 0. The van der Waals surface area contributed by atoms with Crippen molar-refractivity contribution >= 4 is 33.9 Å². The van der Waals surface area contributed by atoms with Gasteiger partial charge in [0, 0.05) is 42.8 Å². The van der Waals surface area contributed by atoms with Crippen molar-refractivity contribution in [3.8, 4) is 0 Å². The molecular weight excluding hydrogens is 413 g/mol. The molecule has 32 heavy (non-hydrogen) atoms. The number of nitrogens with zero attached hydrogens (tertiary/aromatic N) is 2. The number of carbonyl (C=O) groups is 1. The Kier molecular flexibility index (Phi) is 5.71. The average molecular weight is 439 g/mol. The van der Waals surface area contributed by atoms with E-state index in [2.05, 4.69) is 21.2 Å². The van der Waals surface area contributed by atoms with Crippen LogP contribution in [-0.2, 0) is 9.47 Å². The van der Waals surface area contributed by atoms with Crippen LogP contribution in [0, 0.1) is 12.7 Å². The first kappa shape index (κ1) is 20.8. The number of rotatable bonds is 4. The Morgan fingerprint density at radius 3 is 2.34 bits per heavy atom. The lowest BCUT2D eigenvalue weighted by molar-refractivity contribution is 0.0998. The second-order valence-electron chi connectivity index (χ2n) is 8.05. The predicted molar refractivity (Wildman–Crippen MR) is 121 cm³/mol. The van der Waals surface area contributed by atoms with Crippen LogP contribution >= 0.6 is 0 Å². The summed E-state index contributed by atoms with van der Waals surface area (Å²) < 4.78 is 30.4. The molecule has 0 atom stereocenters. The number of benzene rings is 2. The maximum absolute atomic E-state index is 13.7. The standard InChI is InChI=1S/C24H26FN3O4/c1-16-19-14-17(25)2-5-22(19)32-23(16)24(29)26-20-4-3-18(27-6-10-30-11-7-27)15-21(20)28-8-12-31-13-9-28/h2-5,14-15H,6-13H2,1H3,(H,26,29). The second-order valence-corrected chi connectivity index (χ2v) is 8.05. The number of nitrogens with one attached hydrogen (secondary N) is 1. The van der Waals surface area contributed by atoms with E-state index in [0.29, 0.717) is 48.6 Å². The number of hydrogen-bond donors (Lipinski definition) is 1. The molecule has 0 bridgehead atoms. The molecular formula is C24H26FN3O4. The van der Waals surface area contributed by atoms with Crippen LogP contribution in [0.15, 0.2) is 40.8 Å². The minimum Gasteiger partial charge on any atom is -0.451 e. The van der Waals surface area contributed by atoms with Crippen molar-refractivity contribution < 1.29 is 23.1 Å². The van der Waals surface area contributed by atoms with Gasteiger partial charge in [0.25, 0.3) is 5.91 Å². The minimum atomic E-state index is -0.360. The molecule has 2 aliphatic rings. The maximum Gasteiger partial charge on any atom is 0.291 e. The molecule has 0 saturated carbocycles. The van der Waals surface area contributed by atoms with Crippen LogP contribution in [0.1, 0.15) is 16.1 Å². The average Bonchev–Trinajstić information content (AvgIpc) is 3.16. The number of furan rings is 1. The number of aryl methyl sites for hydroxylation is 1. The summed E-state index contributed by atoms with van der Waals surface area (Å²) in [6.07, 6.45) is 0. The van der Waals surface area contributed by atoms with Crippen LogP contribution in [0.3, 0.4) is 0 Å². The zero-order chi connectivity index (χ0) is 22.1. The van der Waals surface area contributed by atoms with E-state index >= 15 is 0 Å². The first-order chi connectivity index (χ1) is 15.6. The highest BCUT2D eigenvalue weighted by molar-refractivity contribution is 6.08. The highest BCUT2D eigenvalue weighted by atomic mass is 19.1. The Labute approximate surface area is 185 Å². The third-order valence-corrected chi connectivity index (χ3v) is 6.06. The smallest absolute Gasteiger partial charge is 0.291 e. The molecule has 1 aromatic heterocycles. The van der Waals surface area contributed by atoms with Crippen LogP contribution in [0.25, 0.3) is 11.0 Å². The Hall–Kier alpha value is -3.10. The highest BCUT2D eigenvalue weighted by Gasteiger charge is 2.23. The molecule has 2 saturated heterocycles. The minimum absolute atomic E-state index is 0.191. The van der Waals surface area contributed by atoms with E-state index in [-0.39, 0.29) is 17.5 Å². The van der Waals surface area contributed by atoms with Gasteiger partial charge < -0.3 is 29.0 Å². The van der Waals surface area contributed by atoms with Gasteiger partial charge in [-0.1, -0.05) is 0 Å². The van der Waals surface area contributed by atoms with E-state index in [9.17, 15) is 9.18 Å². The molecule has 0 unspecified atom stereocenters. The number of halogens is 1. The van der Waals surface area contributed by atoms with Gasteiger partial charge in [-0.15, -0.1) is 0 Å². The van der Waals surface area contributed by atoms with Crippen LogP contribution in [0.5, 0.6) is 0 Å². The molecule has 2 fully saturated rings.